The van der Waals surface area contributed by atoms with Crippen LogP contribution in [0.2, 0.25) is 0 Å². The quantitative estimate of drug-likeness (QED) is 0.828. The molecule has 0 saturated carbocycles. The lowest BCUT2D eigenvalue weighted by Gasteiger charge is -2.15. The van der Waals surface area contributed by atoms with E-state index in [2.05, 4.69) is 27.2 Å². The third kappa shape index (κ3) is 3.33. The number of halogens is 2. The minimum absolute atomic E-state index is 0.0302. The number of hydrogen-bond donors (Lipinski definition) is 1. The van der Waals surface area contributed by atoms with Crippen LogP contribution in [0.5, 0.6) is 0 Å². The topological polar surface area (TPSA) is 12.0 Å². The summed E-state index contributed by atoms with van der Waals surface area (Å²) >= 11 is 3.12. The van der Waals surface area contributed by atoms with E-state index < -0.39 is 0 Å². The molecule has 0 fully saturated rings. The Morgan fingerprint density at radius 1 is 1.60 bits per heavy atom. The summed E-state index contributed by atoms with van der Waals surface area (Å²) in [5.41, 5.74) is 0.885. The Hall–Kier alpha value is -0.850. The van der Waals surface area contributed by atoms with E-state index >= 15 is 0 Å². The Balaban J connectivity index is 2.91. The second kappa shape index (κ2) is 5.89. The van der Waals surface area contributed by atoms with Crippen molar-refractivity contribution in [3.63, 3.8) is 0 Å². The van der Waals surface area contributed by atoms with E-state index in [0.29, 0.717) is 10.9 Å². The van der Waals surface area contributed by atoms with E-state index in [1.165, 1.54) is 6.07 Å². The lowest BCUT2D eigenvalue weighted by atomic mass is 10.0. The summed E-state index contributed by atoms with van der Waals surface area (Å²) in [6.07, 6.45) is 5.84. The normalized spacial score (nSPS) is 12.1. The summed E-state index contributed by atoms with van der Waals surface area (Å²) in [4.78, 5) is 0. The molecular formula is C12H13BrFN. The Morgan fingerprint density at radius 3 is 2.87 bits per heavy atom. The van der Waals surface area contributed by atoms with Gasteiger partial charge in [-0.1, -0.05) is 13.0 Å². The van der Waals surface area contributed by atoms with Gasteiger partial charge in [0.05, 0.1) is 4.47 Å². The zero-order valence-corrected chi connectivity index (χ0v) is 10.1. The molecule has 0 bridgehead atoms. The van der Waals surface area contributed by atoms with Gasteiger partial charge in [-0.3, -0.25) is 0 Å². The highest BCUT2D eigenvalue weighted by molar-refractivity contribution is 9.10. The molecular weight excluding hydrogens is 257 g/mol. The predicted octanol–water partition coefficient (Wildman–Crippen LogP) is 3.26. The number of nitrogens with one attached hydrogen (secondary N) is 1. The summed E-state index contributed by atoms with van der Waals surface area (Å²) in [5, 5.41) is 3.22. The molecule has 80 valence electrons. The van der Waals surface area contributed by atoms with Gasteiger partial charge in [-0.25, -0.2) is 4.39 Å². The molecule has 1 rings (SSSR count). The molecule has 0 spiro atoms. The highest BCUT2D eigenvalue weighted by Gasteiger charge is 2.10. The maximum Gasteiger partial charge on any atom is 0.137 e. The van der Waals surface area contributed by atoms with Crippen LogP contribution in [0.1, 0.15) is 24.9 Å². The first kappa shape index (κ1) is 12.2. The number of terminal acetylenes is 1. The molecule has 1 aromatic rings. The second-order valence-electron chi connectivity index (χ2n) is 3.19. The fourth-order valence-electron chi connectivity index (χ4n) is 1.40. The van der Waals surface area contributed by atoms with Crippen LogP contribution in [0.4, 0.5) is 4.39 Å². The number of hydrogen-bond acceptors (Lipinski definition) is 1. The van der Waals surface area contributed by atoms with E-state index in [4.69, 9.17) is 6.42 Å². The highest BCUT2D eigenvalue weighted by atomic mass is 79.9. The van der Waals surface area contributed by atoms with Gasteiger partial charge < -0.3 is 5.32 Å². The first-order chi connectivity index (χ1) is 7.19. The lowest BCUT2D eigenvalue weighted by molar-refractivity contribution is 0.555. The van der Waals surface area contributed by atoms with Crippen LogP contribution < -0.4 is 5.32 Å². The van der Waals surface area contributed by atoms with Gasteiger partial charge in [0.2, 0.25) is 0 Å². The predicted molar refractivity (Wildman–Crippen MR) is 64.0 cm³/mol. The van der Waals surface area contributed by atoms with E-state index in [1.54, 1.807) is 6.07 Å². The average molecular weight is 270 g/mol. The molecule has 0 heterocycles. The average Bonchev–Trinajstić information content (AvgIpc) is 2.22. The monoisotopic (exact) mass is 269 g/mol. The third-order valence-corrected chi connectivity index (χ3v) is 2.76. The third-order valence-electron chi connectivity index (χ3n) is 2.12. The van der Waals surface area contributed by atoms with Gasteiger partial charge in [-0.05, 0) is 40.2 Å². The lowest BCUT2D eigenvalue weighted by Crippen LogP contribution is -2.20. The zero-order chi connectivity index (χ0) is 11.3. The van der Waals surface area contributed by atoms with Crippen molar-refractivity contribution in [2.75, 3.05) is 6.54 Å². The number of benzene rings is 1. The molecule has 0 aliphatic carbocycles. The van der Waals surface area contributed by atoms with Crippen LogP contribution >= 0.6 is 15.9 Å². The van der Waals surface area contributed by atoms with Crippen molar-refractivity contribution >= 4 is 15.9 Å². The molecule has 0 saturated heterocycles. The first-order valence-corrected chi connectivity index (χ1v) is 5.60. The maximum atomic E-state index is 13.3. The summed E-state index contributed by atoms with van der Waals surface area (Å²) in [6, 6.07) is 5.11. The Bertz CT molecular complexity index is 370. The van der Waals surface area contributed by atoms with Crippen LogP contribution in [0.3, 0.4) is 0 Å². The van der Waals surface area contributed by atoms with Crippen LogP contribution in [0.15, 0.2) is 22.7 Å². The van der Waals surface area contributed by atoms with Crippen LogP contribution in [0.25, 0.3) is 0 Å². The molecule has 1 aromatic carbocycles. The van der Waals surface area contributed by atoms with E-state index in [0.717, 1.165) is 12.1 Å². The van der Waals surface area contributed by atoms with Gasteiger partial charge in [0.25, 0.3) is 0 Å². The van der Waals surface area contributed by atoms with E-state index in [9.17, 15) is 4.39 Å². The Labute approximate surface area is 98.2 Å². The first-order valence-electron chi connectivity index (χ1n) is 4.80. The summed E-state index contributed by atoms with van der Waals surface area (Å²) in [7, 11) is 0. The zero-order valence-electron chi connectivity index (χ0n) is 8.56. The molecule has 1 N–H and O–H groups in total. The van der Waals surface area contributed by atoms with Crippen LogP contribution in [-0.2, 0) is 0 Å². The van der Waals surface area contributed by atoms with Gasteiger partial charge in [0, 0.05) is 12.5 Å². The molecule has 0 aliphatic rings. The van der Waals surface area contributed by atoms with Crippen molar-refractivity contribution < 1.29 is 4.39 Å². The molecule has 1 nitrogen and oxygen atoms in total. The molecule has 3 heteroatoms. The molecule has 1 unspecified atom stereocenters. The van der Waals surface area contributed by atoms with E-state index in [1.807, 2.05) is 13.0 Å². The largest absolute Gasteiger partial charge is 0.309 e. The highest BCUT2D eigenvalue weighted by Crippen LogP contribution is 2.22. The minimum Gasteiger partial charge on any atom is -0.309 e. The fraction of sp³-hybridized carbons (Fsp3) is 0.333. The minimum atomic E-state index is -0.257. The van der Waals surface area contributed by atoms with Crippen LogP contribution in [0, 0.1) is 18.2 Å². The number of rotatable bonds is 4. The maximum absolute atomic E-state index is 13.3. The summed E-state index contributed by atoms with van der Waals surface area (Å²) in [5.74, 6) is 2.33. The summed E-state index contributed by atoms with van der Waals surface area (Å²) in [6.45, 7) is 2.81. The molecule has 0 aromatic heterocycles. The standard InChI is InChI=1S/C12H13BrFN/c1-3-5-12(15-4-2)9-6-7-10(13)11(14)8-9/h1,6-8,12,15H,4-5H2,2H3. The van der Waals surface area contributed by atoms with Gasteiger partial charge in [-0.15, -0.1) is 12.3 Å². The fourth-order valence-corrected chi connectivity index (χ4v) is 1.65. The van der Waals surface area contributed by atoms with Crippen molar-refractivity contribution in [2.45, 2.75) is 19.4 Å². The molecule has 0 radical (unpaired) electrons. The molecule has 0 aliphatic heterocycles. The van der Waals surface area contributed by atoms with Crippen molar-refractivity contribution in [1.82, 2.24) is 5.32 Å². The van der Waals surface area contributed by atoms with Gasteiger partial charge in [-0.2, -0.15) is 0 Å². The molecule has 1 atom stereocenters. The van der Waals surface area contributed by atoms with Gasteiger partial charge in [0.15, 0.2) is 0 Å². The SMILES string of the molecule is C#CCC(NCC)c1ccc(Br)c(F)c1. The molecule has 15 heavy (non-hydrogen) atoms. The second-order valence-corrected chi connectivity index (χ2v) is 4.05. The smallest absolute Gasteiger partial charge is 0.137 e. The summed E-state index contributed by atoms with van der Waals surface area (Å²) < 4.78 is 13.8. The Morgan fingerprint density at radius 2 is 2.33 bits per heavy atom. The van der Waals surface area contributed by atoms with Gasteiger partial charge >= 0.3 is 0 Å². The van der Waals surface area contributed by atoms with Crippen LogP contribution in [-0.4, -0.2) is 6.54 Å². The van der Waals surface area contributed by atoms with E-state index in [-0.39, 0.29) is 11.9 Å². The molecule has 0 amide bonds. The van der Waals surface area contributed by atoms with Crippen molar-refractivity contribution in [2.24, 2.45) is 0 Å². The Kier molecular flexibility index (Phi) is 4.80. The van der Waals surface area contributed by atoms with Crippen molar-refractivity contribution in [1.29, 1.82) is 0 Å². The van der Waals surface area contributed by atoms with Gasteiger partial charge in [0.1, 0.15) is 5.82 Å². The van der Waals surface area contributed by atoms with Crippen molar-refractivity contribution in [3.8, 4) is 12.3 Å². The van der Waals surface area contributed by atoms with Crippen molar-refractivity contribution in [3.05, 3.63) is 34.1 Å².